The third-order valence-corrected chi connectivity index (χ3v) is 11.6. The first-order valence-electron chi connectivity index (χ1n) is 23.7. The summed E-state index contributed by atoms with van der Waals surface area (Å²) in [5.41, 5.74) is 0. The van der Waals surface area contributed by atoms with E-state index in [2.05, 4.69) is 31.3 Å². The fourth-order valence-electron chi connectivity index (χ4n) is 6.87. The number of quaternary nitrogens is 1. The van der Waals surface area contributed by atoms with Gasteiger partial charge in [0.15, 0.2) is 0 Å². The second kappa shape index (κ2) is 39.4. The van der Waals surface area contributed by atoms with Crippen LogP contribution >= 0.6 is 7.82 Å². The van der Waals surface area contributed by atoms with Crippen LogP contribution in [-0.4, -0.2) is 68.5 Å². The smallest absolute Gasteiger partial charge is 0.268 e. The fraction of sp³-hybridized carbons (Fsp3) is 0.894. The van der Waals surface area contributed by atoms with Gasteiger partial charge in [-0.2, -0.15) is 0 Å². The second-order valence-electron chi connectivity index (χ2n) is 17.5. The summed E-state index contributed by atoms with van der Waals surface area (Å²) in [6.07, 6.45) is 46.6. The van der Waals surface area contributed by atoms with Crippen molar-refractivity contribution in [3.63, 3.8) is 0 Å². The summed E-state index contributed by atoms with van der Waals surface area (Å²) >= 11 is 0. The van der Waals surface area contributed by atoms with E-state index in [4.69, 9.17) is 9.05 Å². The number of likely N-dealkylation sites (N-methyl/N-ethyl adjacent to an activating group) is 1. The maximum atomic E-state index is 12.8. The highest BCUT2D eigenvalue weighted by atomic mass is 31.2. The van der Waals surface area contributed by atoms with Gasteiger partial charge in [-0.1, -0.05) is 205 Å². The largest absolute Gasteiger partial charge is 0.756 e. The van der Waals surface area contributed by atoms with E-state index >= 15 is 0 Å². The van der Waals surface area contributed by atoms with Crippen molar-refractivity contribution in [3.8, 4) is 0 Å². The first-order chi connectivity index (χ1) is 27.0. The molecule has 332 valence electrons. The molecule has 0 aliphatic rings. The minimum atomic E-state index is -4.59. The zero-order valence-corrected chi connectivity index (χ0v) is 38.5. The number of hydrogen-bond donors (Lipinski definition) is 2. The van der Waals surface area contributed by atoms with Crippen LogP contribution in [-0.2, 0) is 18.4 Å². The van der Waals surface area contributed by atoms with Crippen molar-refractivity contribution in [2.75, 3.05) is 40.9 Å². The van der Waals surface area contributed by atoms with E-state index < -0.39 is 20.0 Å². The molecule has 3 atom stereocenters. The molecule has 0 aromatic heterocycles. The number of allylic oxidation sites excluding steroid dienone is 3. The van der Waals surface area contributed by atoms with Crippen molar-refractivity contribution < 1.29 is 32.9 Å². The highest BCUT2D eigenvalue weighted by Gasteiger charge is 2.23. The maximum absolute atomic E-state index is 12.8. The molecule has 3 unspecified atom stereocenters. The third kappa shape index (κ3) is 41.2. The molecule has 0 saturated heterocycles. The Morgan fingerprint density at radius 1 is 0.607 bits per heavy atom. The van der Waals surface area contributed by atoms with Crippen LogP contribution in [0.2, 0.25) is 0 Å². The summed E-state index contributed by atoms with van der Waals surface area (Å²) in [7, 11) is 1.25. The Kier molecular flexibility index (Phi) is 38.7. The fourth-order valence-corrected chi connectivity index (χ4v) is 7.60. The molecule has 0 rings (SSSR count). The molecule has 9 heteroatoms. The lowest BCUT2D eigenvalue weighted by Gasteiger charge is -2.29. The molecule has 8 nitrogen and oxygen atoms in total. The van der Waals surface area contributed by atoms with E-state index in [9.17, 15) is 19.4 Å². The van der Waals surface area contributed by atoms with Crippen molar-refractivity contribution in [3.05, 3.63) is 24.3 Å². The van der Waals surface area contributed by atoms with Gasteiger partial charge >= 0.3 is 0 Å². The Balaban J connectivity index is 4.35. The van der Waals surface area contributed by atoms with Crippen LogP contribution in [0.25, 0.3) is 0 Å². The monoisotopic (exact) mass is 813 g/mol. The summed E-state index contributed by atoms with van der Waals surface area (Å²) < 4.78 is 23.2. The molecule has 0 aliphatic heterocycles. The lowest BCUT2D eigenvalue weighted by Crippen LogP contribution is -2.45. The number of amides is 1. The van der Waals surface area contributed by atoms with Crippen LogP contribution in [0.3, 0.4) is 0 Å². The number of rotatable bonds is 43. The summed E-state index contributed by atoms with van der Waals surface area (Å²) in [6, 6.07) is -0.897. The predicted octanol–water partition coefficient (Wildman–Crippen LogP) is 12.7. The van der Waals surface area contributed by atoms with Gasteiger partial charge in [-0.15, -0.1) is 0 Å². The summed E-state index contributed by atoms with van der Waals surface area (Å²) in [5, 5.41) is 13.8. The molecule has 0 aromatic carbocycles. The predicted molar refractivity (Wildman–Crippen MR) is 238 cm³/mol. The van der Waals surface area contributed by atoms with Gasteiger partial charge in [0.05, 0.1) is 39.9 Å². The molecule has 0 aromatic rings. The van der Waals surface area contributed by atoms with Gasteiger partial charge in [-0.25, -0.2) is 0 Å². The quantitative estimate of drug-likeness (QED) is 0.0275. The summed E-state index contributed by atoms with van der Waals surface area (Å²) in [5.74, 6) is -0.207. The van der Waals surface area contributed by atoms with Crippen molar-refractivity contribution in [1.29, 1.82) is 0 Å². The normalized spacial score (nSPS) is 14.5. The second-order valence-corrected chi connectivity index (χ2v) is 18.9. The Morgan fingerprint density at radius 3 is 1.45 bits per heavy atom. The number of unbranched alkanes of at least 4 members (excludes halogenated alkanes) is 28. The highest BCUT2D eigenvalue weighted by Crippen LogP contribution is 2.38. The van der Waals surface area contributed by atoms with Crippen LogP contribution in [0.1, 0.15) is 219 Å². The number of aliphatic hydroxyl groups excluding tert-OH is 1. The number of carbonyl (C=O) groups excluding carboxylic acids is 1. The van der Waals surface area contributed by atoms with Crippen molar-refractivity contribution in [2.45, 2.75) is 231 Å². The van der Waals surface area contributed by atoms with E-state index in [1.165, 1.54) is 161 Å². The number of hydrogen-bond acceptors (Lipinski definition) is 6. The number of phosphoric ester groups is 1. The number of aliphatic hydroxyl groups is 1. The molecular weight excluding hydrogens is 719 g/mol. The number of nitrogens with zero attached hydrogens (tertiary/aromatic N) is 1. The highest BCUT2D eigenvalue weighted by molar-refractivity contribution is 7.45. The number of phosphoric acid groups is 1. The Morgan fingerprint density at radius 2 is 1.00 bits per heavy atom. The molecule has 0 aliphatic carbocycles. The van der Waals surface area contributed by atoms with Crippen LogP contribution < -0.4 is 10.2 Å². The number of nitrogens with one attached hydrogen (secondary N) is 1. The zero-order chi connectivity index (χ0) is 41.4. The van der Waals surface area contributed by atoms with Gasteiger partial charge in [0.25, 0.3) is 7.82 Å². The summed E-state index contributed by atoms with van der Waals surface area (Å²) in [6.45, 7) is 4.63. The molecule has 1 amide bonds. The van der Waals surface area contributed by atoms with Crippen LogP contribution in [0, 0.1) is 0 Å². The van der Waals surface area contributed by atoms with Crippen LogP contribution in [0.15, 0.2) is 24.3 Å². The molecule has 0 heterocycles. The van der Waals surface area contributed by atoms with E-state index in [0.29, 0.717) is 17.4 Å². The standard InChI is InChI=1S/C47H93N2O6P/c1-6-8-10-12-14-16-18-20-21-22-23-24-25-26-27-28-29-30-32-34-36-38-40-46(50)45(44-55-56(52,53)54-43-42-49(3,4)5)48-47(51)41-39-37-35-33-31-19-17-15-13-11-9-7-2/h30,32,38,40,45-46,50H,6-29,31,33-37,39,41-44H2,1-5H3,(H-,48,51,52,53)/b32-30+,40-38+. The van der Waals surface area contributed by atoms with Crippen molar-refractivity contribution in [2.24, 2.45) is 0 Å². The first-order valence-corrected chi connectivity index (χ1v) is 25.2. The van der Waals surface area contributed by atoms with Gasteiger partial charge in [0.2, 0.25) is 5.91 Å². The van der Waals surface area contributed by atoms with Gasteiger partial charge < -0.3 is 28.8 Å². The van der Waals surface area contributed by atoms with Gasteiger partial charge in [0.1, 0.15) is 13.2 Å². The van der Waals surface area contributed by atoms with E-state index in [1.807, 2.05) is 27.2 Å². The minimum absolute atomic E-state index is 0.00425. The van der Waals surface area contributed by atoms with Gasteiger partial charge in [-0.3, -0.25) is 9.36 Å². The first kappa shape index (κ1) is 55.0. The van der Waals surface area contributed by atoms with E-state index in [-0.39, 0.29) is 19.1 Å². The van der Waals surface area contributed by atoms with E-state index in [1.54, 1.807) is 6.08 Å². The molecule has 56 heavy (non-hydrogen) atoms. The maximum Gasteiger partial charge on any atom is 0.268 e. The van der Waals surface area contributed by atoms with Gasteiger partial charge in [0, 0.05) is 6.42 Å². The van der Waals surface area contributed by atoms with Gasteiger partial charge in [-0.05, 0) is 32.1 Å². The minimum Gasteiger partial charge on any atom is -0.756 e. The number of carbonyl (C=O) groups is 1. The molecule has 0 spiro atoms. The van der Waals surface area contributed by atoms with E-state index in [0.717, 1.165) is 38.5 Å². The summed E-state index contributed by atoms with van der Waals surface area (Å²) in [4.78, 5) is 25.3. The Hall–Kier alpha value is -1.02. The molecule has 0 saturated carbocycles. The molecule has 0 fully saturated rings. The average molecular weight is 813 g/mol. The molecular formula is C47H93N2O6P. The molecule has 2 N–H and O–H groups in total. The SMILES string of the molecule is CCCCCCCCCCCCCCCCCC/C=C/CC/C=C/C(O)C(COP(=O)([O-])OCC[N+](C)(C)C)NC(=O)CCCCCCCCCCCCCC. The van der Waals surface area contributed by atoms with Crippen molar-refractivity contribution >= 4 is 13.7 Å². The molecule has 0 bridgehead atoms. The Labute approximate surface area is 347 Å². The lowest BCUT2D eigenvalue weighted by molar-refractivity contribution is -0.870. The lowest BCUT2D eigenvalue weighted by atomic mass is 10.0. The van der Waals surface area contributed by atoms with Crippen LogP contribution in [0.4, 0.5) is 0 Å². The van der Waals surface area contributed by atoms with Crippen LogP contribution in [0.5, 0.6) is 0 Å². The zero-order valence-electron chi connectivity index (χ0n) is 37.6. The topological polar surface area (TPSA) is 108 Å². The molecule has 0 radical (unpaired) electrons. The Bertz CT molecular complexity index is 969. The third-order valence-electron chi connectivity index (χ3n) is 10.7. The average Bonchev–Trinajstić information content (AvgIpc) is 3.15. The van der Waals surface area contributed by atoms with Crippen molar-refractivity contribution in [1.82, 2.24) is 5.32 Å².